The van der Waals surface area contributed by atoms with Crippen molar-refractivity contribution in [1.82, 2.24) is 5.32 Å². The van der Waals surface area contributed by atoms with E-state index in [9.17, 15) is 14.9 Å². The molecule has 148 valence electrons. The fourth-order valence-electron chi connectivity index (χ4n) is 2.25. The van der Waals surface area contributed by atoms with Gasteiger partial charge in [-0.3, -0.25) is 20.2 Å². The number of hydrogen-bond acceptors (Lipinski definition) is 6. The lowest BCUT2D eigenvalue weighted by Crippen LogP contribution is -2.34. The van der Waals surface area contributed by atoms with E-state index in [0.717, 1.165) is 6.42 Å². The highest BCUT2D eigenvalue weighted by atomic mass is 32.1. The average Bonchev–Trinajstić information content (AvgIpc) is 2.68. The van der Waals surface area contributed by atoms with Crippen LogP contribution in [-0.2, 0) is 0 Å². The van der Waals surface area contributed by atoms with Crippen molar-refractivity contribution in [2.24, 2.45) is 0 Å². The van der Waals surface area contributed by atoms with Crippen LogP contribution in [0.4, 0.5) is 11.4 Å². The number of non-ortho nitro benzene ring substituents is 1. The molecule has 1 atom stereocenters. The Morgan fingerprint density at radius 1 is 1.29 bits per heavy atom. The minimum Gasteiger partial charge on any atom is -0.494 e. The second-order valence-corrected chi connectivity index (χ2v) is 6.32. The Labute approximate surface area is 168 Å². The number of nitrogens with one attached hydrogen (secondary N) is 2. The summed E-state index contributed by atoms with van der Waals surface area (Å²) in [4.78, 5) is 22.8. The van der Waals surface area contributed by atoms with E-state index in [-0.39, 0.29) is 22.7 Å². The normalized spacial score (nSPS) is 11.2. The van der Waals surface area contributed by atoms with Gasteiger partial charge in [-0.25, -0.2) is 0 Å². The maximum atomic E-state index is 12.4. The van der Waals surface area contributed by atoms with Crippen molar-refractivity contribution >= 4 is 34.6 Å². The van der Waals surface area contributed by atoms with E-state index in [0.29, 0.717) is 17.0 Å². The van der Waals surface area contributed by atoms with Crippen LogP contribution in [0, 0.1) is 10.1 Å². The number of carbonyl (C=O) groups is 1. The molecule has 0 bridgehead atoms. The van der Waals surface area contributed by atoms with Gasteiger partial charge in [0.2, 0.25) is 0 Å². The summed E-state index contributed by atoms with van der Waals surface area (Å²) in [6.07, 6.45) is 0.886. The number of nitrogens with zero attached hydrogens (tertiary/aromatic N) is 1. The van der Waals surface area contributed by atoms with Gasteiger partial charge in [-0.15, -0.1) is 0 Å². The second kappa shape index (κ2) is 9.65. The molecule has 2 rings (SSSR count). The van der Waals surface area contributed by atoms with Crippen LogP contribution in [-0.4, -0.2) is 29.2 Å². The monoisotopic (exact) mass is 403 g/mol. The van der Waals surface area contributed by atoms with Gasteiger partial charge < -0.3 is 14.8 Å². The number of nitro benzene ring substituents is 1. The van der Waals surface area contributed by atoms with Gasteiger partial charge in [0, 0.05) is 11.6 Å². The third-order valence-electron chi connectivity index (χ3n) is 3.88. The lowest BCUT2D eigenvalue weighted by atomic mass is 10.2. The lowest BCUT2D eigenvalue weighted by Gasteiger charge is -2.14. The Hall–Kier alpha value is -3.20. The summed E-state index contributed by atoms with van der Waals surface area (Å²) < 4.78 is 10.8. The van der Waals surface area contributed by atoms with Crippen LogP contribution in [0.25, 0.3) is 0 Å². The van der Waals surface area contributed by atoms with E-state index >= 15 is 0 Å². The molecule has 0 aromatic heterocycles. The fraction of sp³-hybridized carbons (Fsp3) is 0.263. The first-order chi connectivity index (χ1) is 13.3. The molecule has 2 N–H and O–H groups in total. The van der Waals surface area contributed by atoms with Crippen LogP contribution < -0.4 is 20.1 Å². The zero-order valence-electron chi connectivity index (χ0n) is 15.7. The largest absolute Gasteiger partial charge is 0.494 e. The van der Waals surface area contributed by atoms with Gasteiger partial charge >= 0.3 is 0 Å². The quantitative estimate of drug-likeness (QED) is 0.410. The molecule has 0 aliphatic carbocycles. The van der Waals surface area contributed by atoms with Crippen molar-refractivity contribution in [2.45, 2.75) is 26.4 Å². The molecule has 2 aromatic rings. The Morgan fingerprint density at radius 3 is 2.68 bits per heavy atom. The van der Waals surface area contributed by atoms with Gasteiger partial charge in [-0.2, -0.15) is 0 Å². The zero-order chi connectivity index (χ0) is 20.7. The molecule has 9 heteroatoms. The van der Waals surface area contributed by atoms with E-state index < -0.39 is 10.8 Å². The first-order valence-electron chi connectivity index (χ1n) is 8.55. The van der Waals surface area contributed by atoms with Crippen molar-refractivity contribution in [1.29, 1.82) is 0 Å². The molecule has 0 saturated carbocycles. The average molecular weight is 403 g/mol. The SMILES string of the molecule is CCC(C)Oc1cccc(C(=O)NC(=S)Nc2ccc([N+](=O)[O-])cc2OC)c1. The summed E-state index contributed by atoms with van der Waals surface area (Å²) in [7, 11) is 1.38. The number of benzene rings is 2. The van der Waals surface area contributed by atoms with Crippen molar-refractivity contribution in [3.63, 3.8) is 0 Å². The smallest absolute Gasteiger partial charge is 0.273 e. The molecule has 0 aliphatic heterocycles. The first-order valence-corrected chi connectivity index (χ1v) is 8.96. The number of hydrogen-bond donors (Lipinski definition) is 2. The van der Waals surface area contributed by atoms with Crippen LogP contribution in [0.5, 0.6) is 11.5 Å². The molecule has 2 aromatic carbocycles. The number of ether oxygens (including phenoxy) is 2. The van der Waals surface area contributed by atoms with Crippen LogP contribution in [0.1, 0.15) is 30.6 Å². The molecule has 0 aliphatic rings. The van der Waals surface area contributed by atoms with Crippen LogP contribution in [0.2, 0.25) is 0 Å². The highest BCUT2D eigenvalue weighted by Gasteiger charge is 2.14. The number of nitro groups is 1. The molecule has 0 fully saturated rings. The molecule has 0 spiro atoms. The summed E-state index contributed by atoms with van der Waals surface area (Å²) in [5, 5.41) is 16.3. The zero-order valence-corrected chi connectivity index (χ0v) is 16.5. The number of amides is 1. The standard InChI is InChI=1S/C19H21N3O5S/c1-4-12(2)27-15-7-5-6-13(10-15)18(23)21-19(28)20-16-9-8-14(22(24)25)11-17(16)26-3/h5-12H,4H2,1-3H3,(H2,20,21,23,28). The van der Waals surface area contributed by atoms with E-state index in [2.05, 4.69) is 10.6 Å². The van der Waals surface area contributed by atoms with E-state index in [4.69, 9.17) is 21.7 Å². The molecule has 0 radical (unpaired) electrons. The van der Waals surface area contributed by atoms with E-state index in [1.165, 1.54) is 25.3 Å². The summed E-state index contributed by atoms with van der Waals surface area (Å²) in [6.45, 7) is 3.96. The number of anilines is 1. The maximum absolute atomic E-state index is 12.4. The maximum Gasteiger partial charge on any atom is 0.273 e. The van der Waals surface area contributed by atoms with Crippen LogP contribution >= 0.6 is 12.2 Å². The van der Waals surface area contributed by atoms with Gasteiger partial charge in [0.1, 0.15) is 11.5 Å². The van der Waals surface area contributed by atoms with Crippen molar-refractivity contribution in [3.8, 4) is 11.5 Å². The minimum absolute atomic E-state index is 0.0328. The number of thiocarbonyl (C=S) groups is 1. The van der Waals surface area contributed by atoms with E-state index in [1.54, 1.807) is 24.3 Å². The molecular formula is C19H21N3O5S. The molecule has 28 heavy (non-hydrogen) atoms. The number of rotatable bonds is 7. The molecule has 1 amide bonds. The predicted octanol–water partition coefficient (Wildman–Crippen LogP) is 3.91. The Balaban J connectivity index is 2.06. The van der Waals surface area contributed by atoms with E-state index in [1.807, 2.05) is 13.8 Å². The highest BCUT2D eigenvalue weighted by Crippen LogP contribution is 2.28. The van der Waals surface area contributed by atoms with Gasteiger partial charge in [-0.1, -0.05) is 13.0 Å². The summed E-state index contributed by atoms with van der Waals surface area (Å²) in [6, 6.07) is 10.8. The van der Waals surface area contributed by atoms with Crippen molar-refractivity contribution < 1.29 is 19.2 Å². The van der Waals surface area contributed by atoms with Crippen molar-refractivity contribution in [2.75, 3.05) is 12.4 Å². The van der Waals surface area contributed by atoms with Gasteiger partial charge in [0.15, 0.2) is 5.11 Å². The summed E-state index contributed by atoms with van der Waals surface area (Å²) in [5.41, 5.74) is 0.670. The minimum atomic E-state index is -0.527. The molecule has 0 saturated heterocycles. The van der Waals surface area contributed by atoms with Crippen LogP contribution in [0.3, 0.4) is 0 Å². The van der Waals surface area contributed by atoms with Gasteiger partial charge in [-0.05, 0) is 49.8 Å². The lowest BCUT2D eigenvalue weighted by molar-refractivity contribution is -0.384. The third kappa shape index (κ3) is 5.65. The van der Waals surface area contributed by atoms with Gasteiger partial charge in [0.25, 0.3) is 11.6 Å². The molecule has 1 unspecified atom stereocenters. The van der Waals surface area contributed by atoms with Crippen molar-refractivity contribution in [3.05, 3.63) is 58.1 Å². The third-order valence-corrected chi connectivity index (χ3v) is 4.08. The first kappa shape index (κ1) is 21.1. The highest BCUT2D eigenvalue weighted by molar-refractivity contribution is 7.80. The molecule has 8 nitrogen and oxygen atoms in total. The Morgan fingerprint density at radius 2 is 2.04 bits per heavy atom. The summed E-state index contributed by atoms with van der Waals surface area (Å²) >= 11 is 5.16. The molecule has 0 heterocycles. The predicted molar refractivity (Wildman–Crippen MR) is 110 cm³/mol. The Bertz CT molecular complexity index is 888. The topological polar surface area (TPSA) is 103 Å². The number of methoxy groups -OCH3 is 1. The number of carbonyl (C=O) groups excluding carboxylic acids is 1. The second-order valence-electron chi connectivity index (χ2n) is 5.91. The summed E-state index contributed by atoms with van der Waals surface area (Å²) in [5.74, 6) is 0.417. The molecular weight excluding hydrogens is 382 g/mol. The van der Waals surface area contributed by atoms with Gasteiger partial charge in [0.05, 0.1) is 29.9 Å². The van der Waals surface area contributed by atoms with Crippen LogP contribution in [0.15, 0.2) is 42.5 Å². The fourth-order valence-corrected chi connectivity index (χ4v) is 2.45. The Kier molecular flexibility index (Phi) is 7.28.